The van der Waals surface area contributed by atoms with Crippen LogP contribution in [-0.4, -0.2) is 17.1 Å². The van der Waals surface area contributed by atoms with Crippen LogP contribution in [0.25, 0.3) is 12.2 Å². The van der Waals surface area contributed by atoms with Gasteiger partial charge in [0.25, 0.3) is 5.56 Å². The molecular weight excluding hydrogens is 408 g/mol. The third-order valence-electron chi connectivity index (χ3n) is 4.97. The first kappa shape index (κ1) is 20.8. The summed E-state index contributed by atoms with van der Waals surface area (Å²) >= 11 is 1.32. The number of fused-ring (bicyclic) bond motifs is 1. The maximum atomic E-state index is 13.3. The van der Waals surface area contributed by atoms with Crippen molar-refractivity contribution in [2.45, 2.75) is 19.9 Å². The number of hydrogen-bond donors (Lipinski definition) is 0. The molecule has 2 heterocycles. The Balaban J connectivity index is 1.85. The fourth-order valence-electron chi connectivity index (χ4n) is 3.57. The van der Waals surface area contributed by atoms with E-state index < -0.39 is 12.0 Å². The van der Waals surface area contributed by atoms with Crippen LogP contribution in [-0.2, 0) is 9.53 Å². The number of carbonyl (C=O) groups is 1. The fraction of sp³-hybridized carbons (Fsp3) is 0.160. The topological polar surface area (TPSA) is 60.7 Å². The number of ether oxygens (including phenoxy) is 1. The lowest BCUT2D eigenvalue weighted by Gasteiger charge is -2.24. The van der Waals surface area contributed by atoms with E-state index in [0.717, 1.165) is 11.1 Å². The molecule has 0 aliphatic carbocycles. The van der Waals surface area contributed by atoms with Crippen molar-refractivity contribution in [2.24, 2.45) is 4.99 Å². The van der Waals surface area contributed by atoms with Crippen LogP contribution >= 0.6 is 11.3 Å². The zero-order valence-electron chi connectivity index (χ0n) is 17.3. The Morgan fingerprint density at radius 3 is 2.48 bits per heavy atom. The molecule has 0 saturated carbocycles. The van der Waals surface area contributed by atoms with E-state index in [4.69, 9.17) is 4.74 Å². The predicted molar refractivity (Wildman–Crippen MR) is 123 cm³/mol. The van der Waals surface area contributed by atoms with Crippen molar-refractivity contribution in [1.82, 2.24) is 4.57 Å². The minimum atomic E-state index is -0.572. The van der Waals surface area contributed by atoms with Crippen LogP contribution in [0.2, 0.25) is 0 Å². The number of carbonyl (C=O) groups excluding carboxylic acids is 1. The van der Waals surface area contributed by atoms with Crippen molar-refractivity contribution in [1.29, 1.82) is 0 Å². The van der Waals surface area contributed by atoms with Gasteiger partial charge >= 0.3 is 5.97 Å². The zero-order valence-corrected chi connectivity index (χ0v) is 18.1. The number of allylic oxidation sites excluding steroid dienone is 2. The maximum absolute atomic E-state index is 13.3. The highest BCUT2D eigenvalue weighted by molar-refractivity contribution is 7.07. The van der Waals surface area contributed by atoms with Crippen molar-refractivity contribution in [2.75, 3.05) is 6.61 Å². The Labute approximate surface area is 184 Å². The molecule has 6 heteroatoms. The predicted octanol–water partition coefficient (Wildman–Crippen LogP) is 3.46. The third-order valence-corrected chi connectivity index (χ3v) is 5.97. The average Bonchev–Trinajstić information content (AvgIpc) is 3.09. The van der Waals surface area contributed by atoms with Gasteiger partial charge in [0.1, 0.15) is 0 Å². The molecule has 31 heavy (non-hydrogen) atoms. The smallest absolute Gasteiger partial charge is 0.338 e. The molecule has 1 aliphatic heterocycles. The van der Waals surface area contributed by atoms with Crippen LogP contribution in [0.4, 0.5) is 0 Å². The van der Waals surface area contributed by atoms with Crippen molar-refractivity contribution in [3.05, 3.63) is 109 Å². The lowest BCUT2D eigenvalue weighted by Crippen LogP contribution is -2.39. The monoisotopic (exact) mass is 430 g/mol. The second-order valence-corrected chi connectivity index (χ2v) is 8.01. The van der Waals surface area contributed by atoms with Gasteiger partial charge in [-0.2, -0.15) is 0 Å². The fourth-order valence-corrected chi connectivity index (χ4v) is 4.57. The molecule has 156 valence electrons. The number of rotatable bonds is 5. The van der Waals surface area contributed by atoms with Crippen LogP contribution in [0, 0.1) is 0 Å². The molecule has 4 rings (SSSR count). The number of nitrogens with zero attached hydrogens (tertiary/aromatic N) is 2. The summed E-state index contributed by atoms with van der Waals surface area (Å²) in [6.45, 7) is 3.81. The Morgan fingerprint density at radius 1 is 1.13 bits per heavy atom. The Kier molecular flexibility index (Phi) is 6.09. The first-order chi connectivity index (χ1) is 15.1. The van der Waals surface area contributed by atoms with E-state index >= 15 is 0 Å². The molecule has 0 unspecified atom stereocenters. The number of aromatic nitrogens is 1. The van der Waals surface area contributed by atoms with Gasteiger partial charge in [-0.1, -0.05) is 84.2 Å². The molecule has 0 saturated heterocycles. The Bertz CT molecular complexity index is 1330. The van der Waals surface area contributed by atoms with E-state index in [1.54, 1.807) is 24.5 Å². The van der Waals surface area contributed by atoms with Crippen LogP contribution in [0.5, 0.6) is 0 Å². The highest BCUT2D eigenvalue weighted by atomic mass is 32.1. The van der Waals surface area contributed by atoms with Gasteiger partial charge in [-0.05, 0) is 31.1 Å². The summed E-state index contributed by atoms with van der Waals surface area (Å²) in [4.78, 5) is 31.3. The summed E-state index contributed by atoms with van der Waals surface area (Å²) in [5, 5.41) is 0. The highest BCUT2D eigenvalue weighted by Crippen LogP contribution is 2.30. The summed E-state index contributed by atoms with van der Waals surface area (Å²) in [7, 11) is 0. The van der Waals surface area contributed by atoms with Crippen LogP contribution in [0.3, 0.4) is 0 Å². The van der Waals surface area contributed by atoms with Crippen molar-refractivity contribution in [3.8, 4) is 0 Å². The molecule has 1 aromatic heterocycles. The Morgan fingerprint density at radius 2 is 1.81 bits per heavy atom. The van der Waals surface area contributed by atoms with Gasteiger partial charge < -0.3 is 4.74 Å². The van der Waals surface area contributed by atoms with Crippen LogP contribution in [0.1, 0.15) is 31.0 Å². The largest absolute Gasteiger partial charge is 0.463 e. The third kappa shape index (κ3) is 4.20. The summed E-state index contributed by atoms with van der Waals surface area (Å²) in [6.07, 6.45) is 5.60. The van der Waals surface area contributed by atoms with Gasteiger partial charge in [-0.3, -0.25) is 9.36 Å². The van der Waals surface area contributed by atoms with Gasteiger partial charge in [-0.25, -0.2) is 9.79 Å². The summed E-state index contributed by atoms with van der Waals surface area (Å²) in [5.41, 5.74) is 2.68. The van der Waals surface area contributed by atoms with Crippen LogP contribution in [0.15, 0.2) is 87.8 Å². The molecule has 0 bridgehead atoms. The molecule has 0 fully saturated rings. The van der Waals surface area contributed by atoms with E-state index in [1.807, 2.05) is 72.8 Å². The van der Waals surface area contributed by atoms with Gasteiger partial charge in [0.05, 0.1) is 28.5 Å². The summed E-state index contributed by atoms with van der Waals surface area (Å²) in [6, 6.07) is 18.8. The zero-order chi connectivity index (χ0) is 21.8. The molecule has 2 aromatic carbocycles. The molecule has 5 nitrogen and oxygen atoms in total. The van der Waals surface area contributed by atoms with E-state index in [0.29, 0.717) is 20.6 Å². The molecule has 0 spiro atoms. The van der Waals surface area contributed by atoms with Gasteiger partial charge in [0.2, 0.25) is 0 Å². The van der Waals surface area contributed by atoms with Crippen LogP contribution < -0.4 is 14.9 Å². The van der Waals surface area contributed by atoms with E-state index in [2.05, 4.69) is 4.99 Å². The minimum absolute atomic E-state index is 0.176. The molecule has 0 radical (unpaired) electrons. The van der Waals surface area contributed by atoms with E-state index in [-0.39, 0.29) is 12.2 Å². The molecular formula is C25H22N2O3S. The van der Waals surface area contributed by atoms with Gasteiger partial charge in [0, 0.05) is 0 Å². The molecule has 0 amide bonds. The summed E-state index contributed by atoms with van der Waals surface area (Å²) < 4.78 is 7.45. The van der Waals surface area contributed by atoms with Gasteiger partial charge in [-0.15, -0.1) is 0 Å². The SMILES string of the molecule is CCOC(=O)C1=C(C)N=c2s/c(=C/C=C\c3ccccc3)c(=O)n2[C@H]1c1ccccc1. The first-order valence-electron chi connectivity index (χ1n) is 10.1. The lowest BCUT2D eigenvalue weighted by molar-refractivity contribution is -0.139. The van der Waals surface area contributed by atoms with Crippen molar-refractivity contribution in [3.63, 3.8) is 0 Å². The maximum Gasteiger partial charge on any atom is 0.338 e. The first-order valence-corrected chi connectivity index (χ1v) is 10.9. The summed E-state index contributed by atoms with van der Waals surface area (Å²) in [5.74, 6) is -0.448. The normalized spacial score (nSPS) is 16.3. The van der Waals surface area contributed by atoms with Crippen molar-refractivity contribution < 1.29 is 9.53 Å². The number of thiazole rings is 1. The highest BCUT2D eigenvalue weighted by Gasteiger charge is 2.33. The number of hydrogen-bond acceptors (Lipinski definition) is 5. The molecule has 0 N–H and O–H groups in total. The second kappa shape index (κ2) is 9.10. The van der Waals surface area contributed by atoms with E-state index in [1.165, 1.54) is 11.3 Å². The standard InChI is InChI=1S/C25H22N2O3S/c1-3-30-24(29)21-17(2)26-25-27(22(21)19-14-8-5-9-15-19)23(28)20(31-25)16-10-13-18-11-6-4-7-12-18/h4-16,22H,3H2,1-2H3/b13-10-,20-16+/t22-/m0/s1. The number of esters is 1. The number of benzene rings is 2. The van der Waals surface area contributed by atoms with E-state index in [9.17, 15) is 9.59 Å². The Hall–Kier alpha value is -3.51. The lowest BCUT2D eigenvalue weighted by atomic mass is 9.96. The average molecular weight is 431 g/mol. The van der Waals surface area contributed by atoms with Crippen molar-refractivity contribution >= 4 is 29.5 Å². The molecule has 3 aromatic rings. The molecule has 1 atom stereocenters. The van der Waals surface area contributed by atoms with Gasteiger partial charge in [0.15, 0.2) is 4.80 Å². The quantitative estimate of drug-likeness (QED) is 0.583. The second-order valence-electron chi connectivity index (χ2n) is 7.01. The minimum Gasteiger partial charge on any atom is -0.463 e. The molecule has 1 aliphatic rings.